The monoisotopic (exact) mass is 271 g/mol. The first-order valence-electron chi connectivity index (χ1n) is 5.86. The van der Waals surface area contributed by atoms with Crippen LogP contribution in [0.25, 0.3) is 0 Å². The van der Waals surface area contributed by atoms with Gasteiger partial charge in [0.05, 0.1) is 12.7 Å². The molecule has 0 spiro atoms. The van der Waals surface area contributed by atoms with E-state index < -0.39 is 0 Å². The molecule has 0 bridgehead atoms. The normalized spacial score (nSPS) is 24.8. The van der Waals surface area contributed by atoms with Crippen LogP contribution < -0.4 is 5.32 Å². The summed E-state index contributed by atoms with van der Waals surface area (Å²) in [4.78, 5) is 0. The number of ether oxygens (including phenoxy) is 1. The van der Waals surface area contributed by atoms with E-state index in [2.05, 4.69) is 23.7 Å². The minimum Gasteiger partial charge on any atom is -0.374 e. The molecule has 1 fully saturated rings. The molecule has 0 aliphatic carbocycles. The van der Waals surface area contributed by atoms with Crippen LogP contribution in [0.3, 0.4) is 0 Å². The zero-order chi connectivity index (χ0) is 12.1. The second-order valence-corrected chi connectivity index (χ2v) is 5.69. The zero-order valence-electron chi connectivity index (χ0n) is 9.99. The van der Waals surface area contributed by atoms with E-state index >= 15 is 0 Å². The molecular weight excluding hydrogens is 254 g/mol. The van der Waals surface area contributed by atoms with Gasteiger partial charge in [0, 0.05) is 23.4 Å². The van der Waals surface area contributed by atoms with Crippen LogP contribution in [0, 0.1) is 0 Å². The van der Waals surface area contributed by atoms with Crippen molar-refractivity contribution in [3.8, 4) is 0 Å². The summed E-state index contributed by atoms with van der Waals surface area (Å²) in [6, 6.07) is 8.47. The number of rotatable bonds is 4. The lowest BCUT2D eigenvalue weighted by Crippen LogP contribution is -2.48. The Morgan fingerprint density at radius 3 is 2.76 bits per heavy atom. The van der Waals surface area contributed by atoms with Crippen molar-refractivity contribution < 1.29 is 4.74 Å². The summed E-state index contributed by atoms with van der Waals surface area (Å²) >= 11 is 7.70. The molecule has 1 N–H and O–H groups in total. The van der Waals surface area contributed by atoms with Crippen LogP contribution in [0.5, 0.6) is 0 Å². The Bertz CT molecular complexity index is 336. The number of benzene rings is 1. The minimum atomic E-state index is 0.367. The Hall–Kier alpha value is -0.220. The SMILES string of the molecule is CSCC1CNC(Cc2ccc(Cl)cc2)CO1. The maximum Gasteiger partial charge on any atom is 0.0790 e. The maximum atomic E-state index is 5.87. The zero-order valence-corrected chi connectivity index (χ0v) is 11.6. The van der Waals surface area contributed by atoms with E-state index in [0.717, 1.165) is 30.3 Å². The molecule has 1 heterocycles. The first-order valence-corrected chi connectivity index (χ1v) is 7.63. The Kier molecular flexibility index (Phi) is 5.16. The van der Waals surface area contributed by atoms with Gasteiger partial charge in [-0.1, -0.05) is 23.7 Å². The number of hydrogen-bond acceptors (Lipinski definition) is 3. The molecule has 2 atom stereocenters. The van der Waals surface area contributed by atoms with E-state index in [1.54, 1.807) is 0 Å². The second-order valence-electron chi connectivity index (χ2n) is 4.35. The van der Waals surface area contributed by atoms with Gasteiger partial charge in [-0.3, -0.25) is 0 Å². The molecule has 0 saturated carbocycles. The van der Waals surface area contributed by atoms with Crippen molar-refractivity contribution in [2.24, 2.45) is 0 Å². The van der Waals surface area contributed by atoms with E-state index in [0.29, 0.717) is 12.1 Å². The average molecular weight is 272 g/mol. The Balaban J connectivity index is 1.79. The second kappa shape index (κ2) is 6.64. The average Bonchev–Trinajstić information content (AvgIpc) is 2.35. The first-order chi connectivity index (χ1) is 8.28. The minimum absolute atomic E-state index is 0.367. The van der Waals surface area contributed by atoms with Crippen LogP contribution in [0.2, 0.25) is 5.02 Å². The van der Waals surface area contributed by atoms with Crippen LogP contribution in [0.1, 0.15) is 5.56 Å². The highest BCUT2D eigenvalue weighted by atomic mass is 35.5. The van der Waals surface area contributed by atoms with E-state index in [1.807, 2.05) is 23.9 Å². The van der Waals surface area contributed by atoms with Gasteiger partial charge >= 0.3 is 0 Å². The smallest absolute Gasteiger partial charge is 0.0790 e. The number of halogens is 1. The van der Waals surface area contributed by atoms with E-state index in [4.69, 9.17) is 16.3 Å². The molecule has 1 saturated heterocycles. The van der Waals surface area contributed by atoms with Gasteiger partial charge in [0.15, 0.2) is 0 Å². The van der Waals surface area contributed by atoms with Gasteiger partial charge in [0.2, 0.25) is 0 Å². The lowest BCUT2D eigenvalue weighted by molar-refractivity contribution is 0.0183. The van der Waals surface area contributed by atoms with Crippen molar-refractivity contribution in [3.05, 3.63) is 34.9 Å². The predicted octanol–water partition coefficient (Wildman–Crippen LogP) is 2.60. The molecule has 1 aliphatic rings. The molecule has 17 heavy (non-hydrogen) atoms. The number of hydrogen-bond donors (Lipinski definition) is 1. The molecule has 0 aromatic heterocycles. The Morgan fingerprint density at radius 1 is 1.41 bits per heavy atom. The van der Waals surface area contributed by atoms with Gasteiger partial charge in [-0.05, 0) is 30.4 Å². The van der Waals surface area contributed by atoms with Crippen LogP contribution >= 0.6 is 23.4 Å². The fourth-order valence-electron chi connectivity index (χ4n) is 2.00. The van der Waals surface area contributed by atoms with Crippen molar-refractivity contribution in [2.45, 2.75) is 18.6 Å². The van der Waals surface area contributed by atoms with Crippen molar-refractivity contribution in [3.63, 3.8) is 0 Å². The molecule has 0 radical (unpaired) electrons. The number of thioether (sulfide) groups is 1. The highest BCUT2D eigenvalue weighted by molar-refractivity contribution is 7.98. The summed E-state index contributed by atoms with van der Waals surface area (Å²) < 4.78 is 5.82. The molecule has 2 nitrogen and oxygen atoms in total. The molecule has 2 unspecified atom stereocenters. The fourth-order valence-corrected chi connectivity index (χ4v) is 2.71. The quantitative estimate of drug-likeness (QED) is 0.910. The highest BCUT2D eigenvalue weighted by Crippen LogP contribution is 2.13. The molecular formula is C13H18ClNOS. The van der Waals surface area contributed by atoms with Crippen LogP contribution in [0.15, 0.2) is 24.3 Å². The predicted molar refractivity (Wildman–Crippen MR) is 75.1 cm³/mol. The summed E-state index contributed by atoms with van der Waals surface area (Å²) in [6.07, 6.45) is 3.48. The third kappa shape index (κ3) is 4.18. The largest absolute Gasteiger partial charge is 0.374 e. The molecule has 4 heteroatoms. The standard InChI is InChI=1S/C13H18ClNOS/c1-17-9-13-7-15-12(8-16-13)6-10-2-4-11(14)5-3-10/h2-5,12-13,15H,6-9H2,1H3. The van der Waals surface area contributed by atoms with Crippen molar-refractivity contribution >= 4 is 23.4 Å². The molecule has 1 aromatic rings. The summed E-state index contributed by atoms with van der Waals surface area (Å²) in [6.45, 7) is 1.76. The van der Waals surface area contributed by atoms with Gasteiger partial charge in [0.1, 0.15) is 0 Å². The third-order valence-electron chi connectivity index (χ3n) is 2.92. The Labute approximate surface area is 112 Å². The summed E-state index contributed by atoms with van der Waals surface area (Å²) in [5.41, 5.74) is 1.30. The van der Waals surface area contributed by atoms with Gasteiger partial charge in [-0.2, -0.15) is 11.8 Å². The van der Waals surface area contributed by atoms with E-state index in [-0.39, 0.29) is 0 Å². The Morgan fingerprint density at radius 2 is 2.18 bits per heavy atom. The van der Waals surface area contributed by atoms with Crippen LogP contribution in [-0.2, 0) is 11.2 Å². The summed E-state index contributed by atoms with van der Waals surface area (Å²) in [5, 5.41) is 4.34. The molecule has 1 aliphatic heterocycles. The van der Waals surface area contributed by atoms with Crippen LogP contribution in [-0.4, -0.2) is 37.3 Å². The topological polar surface area (TPSA) is 21.3 Å². The summed E-state index contributed by atoms with van der Waals surface area (Å²) in [7, 11) is 0. The van der Waals surface area contributed by atoms with Gasteiger partial charge in [-0.15, -0.1) is 0 Å². The molecule has 1 aromatic carbocycles. The van der Waals surface area contributed by atoms with Crippen LogP contribution in [0.4, 0.5) is 0 Å². The van der Waals surface area contributed by atoms with E-state index in [9.17, 15) is 0 Å². The number of morpholine rings is 1. The van der Waals surface area contributed by atoms with Gasteiger partial charge in [0.25, 0.3) is 0 Å². The lowest BCUT2D eigenvalue weighted by atomic mass is 10.1. The third-order valence-corrected chi connectivity index (χ3v) is 3.87. The maximum absolute atomic E-state index is 5.87. The van der Waals surface area contributed by atoms with Gasteiger partial charge in [-0.25, -0.2) is 0 Å². The first kappa shape index (κ1) is 13.2. The highest BCUT2D eigenvalue weighted by Gasteiger charge is 2.20. The van der Waals surface area contributed by atoms with E-state index in [1.165, 1.54) is 5.56 Å². The fraction of sp³-hybridized carbons (Fsp3) is 0.538. The van der Waals surface area contributed by atoms with Crippen molar-refractivity contribution in [2.75, 3.05) is 25.2 Å². The number of nitrogens with one attached hydrogen (secondary N) is 1. The molecule has 2 rings (SSSR count). The van der Waals surface area contributed by atoms with Crippen molar-refractivity contribution in [1.29, 1.82) is 0 Å². The molecule has 0 amide bonds. The molecule has 94 valence electrons. The summed E-state index contributed by atoms with van der Waals surface area (Å²) in [5.74, 6) is 1.07. The lowest BCUT2D eigenvalue weighted by Gasteiger charge is -2.30. The van der Waals surface area contributed by atoms with Crippen molar-refractivity contribution in [1.82, 2.24) is 5.32 Å². The van der Waals surface area contributed by atoms with Gasteiger partial charge < -0.3 is 10.1 Å².